The van der Waals surface area contributed by atoms with E-state index in [1.807, 2.05) is 48.5 Å². The standard InChI is InChI=1S/C19H11Cl3N2/c20-15-7-5-12(10-16(15)21)23-11-6-8-18-14(9-11)19(22)13-3-1-2-4-17(13)24-18/h1-10,23H. The molecule has 0 atom stereocenters. The van der Waals surface area contributed by atoms with E-state index < -0.39 is 0 Å². The number of benzene rings is 3. The van der Waals surface area contributed by atoms with E-state index in [0.29, 0.717) is 15.1 Å². The number of fused-ring (bicyclic) bond motifs is 2. The average Bonchev–Trinajstić information content (AvgIpc) is 2.59. The van der Waals surface area contributed by atoms with Gasteiger partial charge in [0.1, 0.15) is 0 Å². The Balaban J connectivity index is 1.81. The van der Waals surface area contributed by atoms with Crippen LogP contribution in [0.4, 0.5) is 11.4 Å². The molecule has 1 N–H and O–H groups in total. The van der Waals surface area contributed by atoms with Crippen molar-refractivity contribution in [2.75, 3.05) is 5.32 Å². The van der Waals surface area contributed by atoms with Gasteiger partial charge in [-0.3, -0.25) is 0 Å². The summed E-state index contributed by atoms with van der Waals surface area (Å²) in [6, 6.07) is 19.2. The average molecular weight is 374 g/mol. The van der Waals surface area contributed by atoms with Crippen LogP contribution in [0.15, 0.2) is 60.7 Å². The molecule has 0 fully saturated rings. The minimum absolute atomic E-state index is 0.508. The largest absolute Gasteiger partial charge is 0.355 e. The lowest BCUT2D eigenvalue weighted by Gasteiger charge is -2.10. The minimum atomic E-state index is 0.508. The molecule has 0 saturated heterocycles. The summed E-state index contributed by atoms with van der Waals surface area (Å²) in [6.45, 7) is 0. The third-order valence-electron chi connectivity index (χ3n) is 3.82. The molecule has 4 aromatic rings. The molecule has 5 heteroatoms. The van der Waals surface area contributed by atoms with Gasteiger partial charge in [0.25, 0.3) is 0 Å². The van der Waals surface area contributed by atoms with E-state index in [9.17, 15) is 0 Å². The number of para-hydroxylation sites is 1. The number of halogens is 3. The number of hydrogen-bond acceptors (Lipinski definition) is 2. The highest BCUT2D eigenvalue weighted by Gasteiger charge is 2.08. The van der Waals surface area contributed by atoms with Crippen LogP contribution in [0.5, 0.6) is 0 Å². The third-order valence-corrected chi connectivity index (χ3v) is 4.97. The van der Waals surface area contributed by atoms with Gasteiger partial charge in [-0.15, -0.1) is 0 Å². The summed E-state index contributed by atoms with van der Waals surface area (Å²) in [5.41, 5.74) is 3.51. The molecule has 3 aromatic carbocycles. The van der Waals surface area contributed by atoms with Crippen molar-refractivity contribution in [2.45, 2.75) is 0 Å². The Kier molecular flexibility index (Phi) is 3.97. The molecular weight excluding hydrogens is 363 g/mol. The molecule has 1 heterocycles. The molecule has 0 unspecified atom stereocenters. The predicted octanol–water partition coefficient (Wildman–Crippen LogP) is 7.09. The topological polar surface area (TPSA) is 24.9 Å². The number of hydrogen-bond donors (Lipinski definition) is 1. The monoisotopic (exact) mass is 372 g/mol. The van der Waals surface area contributed by atoms with Crippen molar-refractivity contribution in [3.8, 4) is 0 Å². The SMILES string of the molecule is Clc1ccc(Nc2ccc3nc4ccccc4c(Cl)c3c2)cc1Cl. The van der Waals surface area contributed by atoms with E-state index in [4.69, 9.17) is 34.8 Å². The summed E-state index contributed by atoms with van der Waals surface area (Å²) in [5.74, 6) is 0. The first-order valence-electron chi connectivity index (χ1n) is 7.32. The molecule has 0 amide bonds. The maximum atomic E-state index is 6.59. The van der Waals surface area contributed by atoms with Crippen LogP contribution in [0.25, 0.3) is 21.8 Å². The Morgan fingerprint density at radius 3 is 2.21 bits per heavy atom. The second-order valence-corrected chi connectivity index (χ2v) is 6.62. The van der Waals surface area contributed by atoms with E-state index in [0.717, 1.165) is 33.2 Å². The van der Waals surface area contributed by atoms with Crippen LogP contribution < -0.4 is 5.32 Å². The van der Waals surface area contributed by atoms with Gasteiger partial charge >= 0.3 is 0 Å². The third kappa shape index (κ3) is 2.78. The summed E-state index contributed by atoms with van der Waals surface area (Å²) >= 11 is 18.6. The Morgan fingerprint density at radius 1 is 0.667 bits per heavy atom. The highest BCUT2D eigenvalue weighted by molar-refractivity contribution is 6.42. The van der Waals surface area contributed by atoms with Crippen LogP contribution in [-0.2, 0) is 0 Å². The highest BCUT2D eigenvalue weighted by atomic mass is 35.5. The smallest absolute Gasteiger partial charge is 0.0726 e. The maximum absolute atomic E-state index is 6.59. The van der Waals surface area contributed by atoms with Crippen LogP contribution in [0.3, 0.4) is 0 Å². The van der Waals surface area contributed by atoms with Gasteiger partial charge in [-0.25, -0.2) is 4.98 Å². The molecule has 118 valence electrons. The van der Waals surface area contributed by atoms with E-state index >= 15 is 0 Å². The van der Waals surface area contributed by atoms with Crippen molar-refractivity contribution >= 4 is 68.0 Å². The van der Waals surface area contributed by atoms with Gasteiger partial charge in [0.15, 0.2) is 0 Å². The van der Waals surface area contributed by atoms with Crippen molar-refractivity contribution in [1.29, 1.82) is 0 Å². The van der Waals surface area contributed by atoms with Gasteiger partial charge in [0.2, 0.25) is 0 Å². The fourth-order valence-corrected chi connectivity index (χ4v) is 3.27. The van der Waals surface area contributed by atoms with Crippen molar-refractivity contribution in [3.05, 3.63) is 75.7 Å². The first kappa shape index (κ1) is 15.5. The van der Waals surface area contributed by atoms with Gasteiger partial charge < -0.3 is 5.32 Å². The van der Waals surface area contributed by atoms with Crippen LogP contribution in [0.1, 0.15) is 0 Å². The fraction of sp³-hybridized carbons (Fsp3) is 0. The van der Waals surface area contributed by atoms with Gasteiger partial charge in [-0.05, 0) is 42.5 Å². The Bertz CT molecular complexity index is 1080. The number of pyridine rings is 1. The zero-order valence-corrected chi connectivity index (χ0v) is 14.6. The van der Waals surface area contributed by atoms with E-state index in [2.05, 4.69) is 10.3 Å². The van der Waals surface area contributed by atoms with Gasteiger partial charge in [-0.2, -0.15) is 0 Å². The van der Waals surface area contributed by atoms with Crippen LogP contribution in [-0.4, -0.2) is 4.98 Å². The lowest BCUT2D eigenvalue weighted by Crippen LogP contribution is -1.92. The second kappa shape index (κ2) is 6.14. The molecule has 0 aliphatic rings. The second-order valence-electron chi connectivity index (χ2n) is 5.43. The fourth-order valence-electron chi connectivity index (χ4n) is 2.66. The quantitative estimate of drug-likeness (QED) is 0.379. The van der Waals surface area contributed by atoms with E-state index in [1.165, 1.54) is 0 Å². The highest BCUT2D eigenvalue weighted by Crippen LogP contribution is 2.33. The van der Waals surface area contributed by atoms with Crippen molar-refractivity contribution < 1.29 is 0 Å². The first-order chi connectivity index (χ1) is 11.6. The molecule has 4 rings (SSSR count). The number of rotatable bonds is 2. The number of nitrogens with one attached hydrogen (secondary N) is 1. The zero-order valence-electron chi connectivity index (χ0n) is 12.4. The molecule has 1 aromatic heterocycles. The Hall–Kier alpha value is -2.00. The van der Waals surface area contributed by atoms with Crippen LogP contribution >= 0.6 is 34.8 Å². The van der Waals surface area contributed by atoms with Gasteiger partial charge in [0.05, 0.1) is 26.1 Å². The molecule has 2 nitrogen and oxygen atoms in total. The van der Waals surface area contributed by atoms with Crippen molar-refractivity contribution in [2.24, 2.45) is 0 Å². The summed E-state index contributed by atoms with van der Waals surface area (Å²) in [7, 11) is 0. The van der Waals surface area contributed by atoms with Crippen molar-refractivity contribution in [3.63, 3.8) is 0 Å². The summed E-state index contributed by atoms with van der Waals surface area (Å²) in [6.07, 6.45) is 0. The Labute approximate surface area is 154 Å². The normalized spacial score (nSPS) is 11.1. The van der Waals surface area contributed by atoms with E-state index in [1.54, 1.807) is 12.1 Å². The molecule has 0 saturated carbocycles. The first-order valence-corrected chi connectivity index (χ1v) is 8.45. The van der Waals surface area contributed by atoms with E-state index in [-0.39, 0.29) is 0 Å². The van der Waals surface area contributed by atoms with Gasteiger partial charge in [-0.1, -0.05) is 53.0 Å². The molecule has 24 heavy (non-hydrogen) atoms. The minimum Gasteiger partial charge on any atom is -0.355 e. The predicted molar refractivity (Wildman–Crippen MR) is 104 cm³/mol. The number of anilines is 2. The van der Waals surface area contributed by atoms with Crippen LogP contribution in [0.2, 0.25) is 15.1 Å². The molecule has 0 aliphatic heterocycles. The maximum Gasteiger partial charge on any atom is 0.0726 e. The number of aromatic nitrogens is 1. The lowest BCUT2D eigenvalue weighted by molar-refractivity contribution is 1.49. The number of nitrogens with zero attached hydrogens (tertiary/aromatic N) is 1. The van der Waals surface area contributed by atoms with Gasteiger partial charge in [0, 0.05) is 22.1 Å². The molecule has 0 spiro atoms. The Morgan fingerprint density at radius 2 is 1.38 bits per heavy atom. The lowest BCUT2D eigenvalue weighted by atomic mass is 10.1. The summed E-state index contributed by atoms with van der Waals surface area (Å²) in [4.78, 5) is 4.66. The molecule has 0 radical (unpaired) electrons. The van der Waals surface area contributed by atoms with Crippen molar-refractivity contribution in [1.82, 2.24) is 4.98 Å². The molecule has 0 aliphatic carbocycles. The molecular formula is C19H11Cl3N2. The van der Waals surface area contributed by atoms with Crippen LogP contribution in [0, 0.1) is 0 Å². The summed E-state index contributed by atoms with van der Waals surface area (Å²) in [5, 5.41) is 6.89. The molecule has 0 bridgehead atoms. The summed E-state index contributed by atoms with van der Waals surface area (Å²) < 4.78 is 0. The zero-order chi connectivity index (χ0) is 16.7.